The van der Waals surface area contributed by atoms with E-state index in [2.05, 4.69) is 40.5 Å². The average molecular weight is 233 g/mol. The monoisotopic (exact) mass is 233 g/mol. The molecule has 84 valence electrons. The third kappa shape index (κ3) is 2.28. The first kappa shape index (κ1) is 11.2. The maximum Gasteiger partial charge on any atom is 0.123 e. The van der Waals surface area contributed by atoms with E-state index in [9.17, 15) is 0 Å². The molecule has 0 saturated heterocycles. The SMILES string of the molecule is CSc1ccc(-c2cnc([C@H](C)N)[nH]2)cc1. The molecule has 0 bridgehead atoms. The molecule has 0 amide bonds. The highest BCUT2D eigenvalue weighted by Gasteiger charge is 2.06. The zero-order valence-electron chi connectivity index (χ0n) is 9.40. The molecule has 1 heterocycles. The van der Waals surface area contributed by atoms with E-state index in [0.29, 0.717) is 0 Å². The van der Waals surface area contributed by atoms with Gasteiger partial charge in [0.1, 0.15) is 5.82 Å². The number of nitrogens with two attached hydrogens (primary N) is 1. The summed E-state index contributed by atoms with van der Waals surface area (Å²) in [6.45, 7) is 1.92. The minimum absolute atomic E-state index is 0.0563. The Kier molecular flexibility index (Phi) is 3.31. The molecule has 0 radical (unpaired) electrons. The van der Waals surface area contributed by atoms with Crippen molar-refractivity contribution in [2.45, 2.75) is 17.9 Å². The van der Waals surface area contributed by atoms with Gasteiger partial charge in [0.2, 0.25) is 0 Å². The van der Waals surface area contributed by atoms with Crippen molar-refractivity contribution in [2.75, 3.05) is 6.26 Å². The van der Waals surface area contributed by atoms with Crippen LogP contribution in [0.1, 0.15) is 18.8 Å². The number of rotatable bonds is 3. The Morgan fingerprint density at radius 1 is 1.31 bits per heavy atom. The van der Waals surface area contributed by atoms with Gasteiger partial charge in [0.15, 0.2) is 0 Å². The summed E-state index contributed by atoms with van der Waals surface area (Å²) in [5.41, 5.74) is 7.90. The molecule has 0 fully saturated rings. The molecule has 0 aliphatic rings. The summed E-state index contributed by atoms with van der Waals surface area (Å²) >= 11 is 1.74. The summed E-state index contributed by atoms with van der Waals surface area (Å²) in [7, 11) is 0. The van der Waals surface area contributed by atoms with Crippen molar-refractivity contribution in [1.82, 2.24) is 9.97 Å². The fourth-order valence-corrected chi connectivity index (χ4v) is 1.89. The number of aromatic nitrogens is 2. The van der Waals surface area contributed by atoms with Crippen LogP contribution in [0.4, 0.5) is 0 Å². The highest BCUT2D eigenvalue weighted by molar-refractivity contribution is 7.98. The Labute approximate surface area is 99.5 Å². The van der Waals surface area contributed by atoms with E-state index < -0.39 is 0 Å². The van der Waals surface area contributed by atoms with Crippen molar-refractivity contribution >= 4 is 11.8 Å². The second-order valence-electron chi connectivity index (χ2n) is 3.70. The topological polar surface area (TPSA) is 54.7 Å². The van der Waals surface area contributed by atoms with Crippen LogP contribution in [0.2, 0.25) is 0 Å². The first-order valence-electron chi connectivity index (χ1n) is 5.15. The van der Waals surface area contributed by atoms with E-state index >= 15 is 0 Å². The zero-order valence-corrected chi connectivity index (χ0v) is 10.2. The van der Waals surface area contributed by atoms with Crippen LogP contribution in [-0.2, 0) is 0 Å². The highest BCUT2D eigenvalue weighted by atomic mass is 32.2. The lowest BCUT2D eigenvalue weighted by molar-refractivity contribution is 0.756. The van der Waals surface area contributed by atoms with Crippen molar-refractivity contribution in [3.8, 4) is 11.3 Å². The van der Waals surface area contributed by atoms with Crippen LogP contribution in [0.3, 0.4) is 0 Å². The van der Waals surface area contributed by atoms with Crippen molar-refractivity contribution in [2.24, 2.45) is 5.73 Å². The summed E-state index contributed by atoms with van der Waals surface area (Å²) < 4.78 is 0. The average Bonchev–Trinajstić information content (AvgIpc) is 2.78. The Morgan fingerprint density at radius 3 is 2.50 bits per heavy atom. The molecule has 1 aromatic heterocycles. The molecule has 16 heavy (non-hydrogen) atoms. The molecule has 2 aromatic rings. The minimum Gasteiger partial charge on any atom is -0.341 e. The third-order valence-corrected chi connectivity index (χ3v) is 3.17. The van der Waals surface area contributed by atoms with Crippen LogP contribution >= 0.6 is 11.8 Å². The Bertz CT molecular complexity index is 459. The molecule has 3 nitrogen and oxygen atoms in total. The number of H-pyrrole nitrogens is 1. The number of benzene rings is 1. The summed E-state index contributed by atoms with van der Waals surface area (Å²) in [4.78, 5) is 8.73. The summed E-state index contributed by atoms with van der Waals surface area (Å²) in [6, 6.07) is 8.33. The number of hydrogen-bond donors (Lipinski definition) is 2. The van der Waals surface area contributed by atoms with E-state index in [1.165, 1.54) is 4.90 Å². The summed E-state index contributed by atoms with van der Waals surface area (Å²) in [5, 5.41) is 0. The largest absolute Gasteiger partial charge is 0.341 e. The lowest BCUT2D eigenvalue weighted by atomic mass is 10.2. The van der Waals surface area contributed by atoms with Gasteiger partial charge in [-0.1, -0.05) is 12.1 Å². The van der Waals surface area contributed by atoms with E-state index in [4.69, 9.17) is 5.73 Å². The van der Waals surface area contributed by atoms with Crippen LogP contribution in [0.15, 0.2) is 35.4 Å². The van der Waals surface area contributed by atoms with Gasteiger partial charge in [-0.3, -0.25) is 0 Å². The first-order valence-corrected chi connectivity index (χ1v) is 6.38. The number of thioether (sulfide) groups is 1. The zero-order chi connectivity index (χ0) is 11.5. The van der Waals surface area contributed by atoms with E-state index in [1.54, 1.807) is 11.8 Å². The van der Waals surface area contributed by atoms with E-state index in [0.717, 1.165) is 17.1 Å². The maximum absolute atomic E-state index is 5.75. The fourth-order valence-electron chi connectivity index (χ4n) is 1.49. The van der Waals surface area contributed by atoms with Gasteiger partial charge < -0.3 is 10.7 Å². The van der Waals surface area contributed by atoms with Gasteiger partial charge in [0, 0.05) is 4.90 Å². The predicted octanol–water partition coefficient (Wildman–Crippen LogP) is 2.82. The van der Waals surface area contributed by atoms with Crippen molar-refractivity contribution < 1.29 is 0 Å². The Morgan fingerprint density at radius 2 is 2.00 bits per heavy atom. The lowest BCUT2D eigenvalue weighted by Gasteiger charge is -2.01. The van der Waals surface area contributed by atoms with Crippen molar-refractivity contribution in [1.29, 1.82) is 0 Å². The maximum atomic E-state index is 5.75. The Balaban J connectivity index is 2.28. The quantitative estimate of drug-likeness (QED) is 0.801. The van der Waals surface area contributed by atoms with Gasteiger partial charge in [-0.2, -0.15) is 0 Å². The first-order chi connectivity index (χ1) is 7.70. The van der Waals surface area contributed by atoms with Gasteiger partial charge in [0.05, 0.1) is 17.9 Å². The molecule has 0 unspecified atom stereocenters. The lowest BCUT2D eigenvalue weighted by Crippen LogP contribution is -2.06. The normalized spacial score (nSPS) is 12.7. The van der Waals surface area contributed by atoms with Crippen LogP contribution in [0.5, 0.6) is 0 Å². The number of nitrogens with zero attached hydrogens (tertiary/aromatic N) is 1. The number of aromatic amines is 1. The summed E-state index contributed by atoms with van der Waals surface area (Å²) in [5.74, 6) is 0.823. The number of nitrogens with one attached hydrogen (secondary N) is 1. The van der Waals surface area contributed by atoms with Gasteiger partial charge in [-0.25, -0.2) is 4.98 Å². The molecule has 0 spiro atoms. The second kappa shape index (κ2) is 4.72. The van der Waals surface area contributed by atoms with Gasteiger partial charge in [0.25, 0.3) is 0 Å². The van der Waals surface area contributed by atoms with Crippen molar-refractivity contribution in [3.63, 3.8) is 0 Å². The van der Waals surface area contributed by atoms with Crippen LogP contribution in [-0.4, -0.2) is 16.2 Å². The smallest absolute Gasteiger partial charge is 0.123 e. The molecule has 2 rings (SSSR count). The third-order valence-electron chi connectivity index (χ3n) is 2.43. The molecule has 4 heteroatoms. The minimum atomic E-state index is -0.0563. The number of hydrogen-bond acceptors (Lipinski definition) is 3. The van der Waals surface area contributed by atoms with Gasteiger partial charge >= 0.3 is 0 Å². The van der Waals surface area contributed by atoms with Crippen molar-refractivity contribution in [3.05, 3.63) is 36.3 Å². The molecule has 1 atom stereocenters. The Hall–Kier alpha value is -1.26. The molecular weight excluding hydrogens is 218 g/mol. The molecule has 3 N–H and O–H groups in total. The predicted molar refractivity (Wildman–Crippen MR) is 68.4 cm³/mol. The molecular formula is C12H15N3S. The van der Waals surface area contributed by atoms with Crippen LogP contribution in [0.25, 0.3) is 11.3 Å². The second-order valence-corrected chi connectivity index (χ2v) is 4.58. The van der Waals surface area contributed by atoms with Gasteiger partial charge in [-0.15, -0.1) is 11.8 Å². The molecule has 0 aliphatic carbocycles. The molecule has 0 aliphatic heterocycles. The fraction of sp³-hybridized carbons (Fsp3) is 0.250. The highest BCUT2D eigenvalue weighted by Crippen LogP contribution is 2.22. The van der Waals surface area contributed by atoms with E-state index in [1.807, 2.05) is 13.1 Å². The van der Waals surface area contributed by atoms with Crippen LogP contribution < -0.4 is 5.73 Å². The molecule has 0 saturated carbocycles. The standard InChI is InChI=1S/C12H15N3S/c1-8(13)12-14-7-11(15-12)9-3-5-10(16-2)6-4-9/h3-8H,13H2,1-2H3,(H,14,15)/t8-/m0/s1. The molecule has 1 aromatic carbocycles. The summed E-state index contributed by atoms with van der Waals surface area (Å²) in [6.07, 6.45) is 3.90. The number of imidazole rings is 1. The van der Waals surface area contributed by atoms with E-state index in [-0.39, 0.29) is 6.04 Å². The van der Waals surface area contributed by atoms with Gasteiger partial charge in [-0.05, 0) is 30.9 Å². The van der Waals surface area contributed by atoms with Crippen LogP contribution in [0, 0.1) is 0 Å².